The normalized spacial score (nSPS) is 14.6. The highest BCUT2D eigenvalue weighted by molar-refractivity contribution is 7.15. The lowest BCUT2D eigenvalue weighted by Crippen LogP contribution is -3.12. The second-order valence-electron chi connectivity index (χ2n) is 7.92. The van der Waals surface area contributed by atoms with E-state index in [1.54, 1.807) is 4.90 Å². The maximum atomic E-state index is 12.9. The van der Waals surface area contributed by atoms with Crippen LogP contribution in [0, 0.1) is 19.8 Å². The van der Waals surface area contributed by atoms with Gasteiger partial charge in [-0.2, -0.15) is 0 Å². The monoisotopic (exact) mass is 409 g/mol. The number of thiazole rings is 1. The van der Waals surface area contributed by atoms with E-state index in [0.717, 1.165) is 36.6 Å². The molecule has 0 aliphatic heterocycles. The van der Waals surface area contributed by atoms with Crippen molar-refractivity contribution in [2.75, 3.05) is 38.0 Å². The fourth-order valence-corrected chi connectivity index (χ4v) is 4.66. The van der Waals surface area contributed by atoms with Crippen molar-refractivity contribution in [3.05, 3.63) is 10.6 Å². The molecule has 0 spiro atoms. The summed E-state index contributed by atoms with van der Waals surface area (Å²) >= 11 is 1.48. The Kier molecular flexibility index (Phi) is 9.38. The molecule has 2 N–H and O–H groups in total. The predicted octanol–water partition coefficient (Wildman–Crippen LogP) is 2.42. The molecule has 0 atom stereocenters. The Morgan fingerprint density at radius 3 is 2.46 bits per heavy atom. The summed E-state index contributed by atoms with van der Waals surface area (Å²) in [4.78, 5) is 34.1. The Morgan fingerprint density at radius 1 is 1.21 bits per heavy atom. The van der Waals surface area contributed by atoms with Crippen LogP contribution in [0.1, 0.15) is 62.9 Å². The molecule has 1 aromatic heterocycles. The lowest BCUT2D eigenvalue weighted by atomic mass is 10.0. The summed E-state index contributed by atoms with van der Waals surface area (Å²) in [6.45, 7) is 11.9. The number of aromatic nitrogens is 1. The zero-order valence-corrected chi connectivity index (χ0v) is 18.8. The van der Waals surface area contributed by atoms with E-state index in [2.05, 4.69) is 24.1 Å². The highest BCUT2D eigenvalue weighted by atomic mass is 32.1. The highest BCUT2D eigenvalue weighted by Crippen LogP contribution is 2.28. The second-order valence-corrected chi connectivity index (χ2v) is 9.12. The van der Waals surface area contributed by atoms with Crippen molar-refractivity contribution in [1.29, 1.82) is 0 Å². The number of quaternary nitrogens is 1. The summed E-state index contributed by atoms with van der Waals surface area (Å²) in [5.41, 5.74) is 0.940. The minimum atomic E-state index is -0.155. The Morgan fingerprint density at radius 2 is 1.89 bits per heavy atom. The van der Waals surface area contributed by atoms with E-state index in [1.165, 1.54) is 41.9 Å². The van der Waals surface area contributed by atoms with E-state index in [1.807, 2.05) is 13.8 Å². The summed E-state index contributed by atoms with van der Waals surface area (Å²) in [6, 6.07) is 0. The highest BCUT2D eigenvalue weighted by Gasteiger charge is 2.22. The maximum Gasteiger partial charge on any atom is 0.245 e. The van der Waals surface area contributed by atoms with Crippen LogP contribution in [0.3, 0.4) is 0 Å². The standard InChI is InChI=1S/C21H36N4O2S/c1-5-24(6-2)13-14-25(20(27)12-11-18-9-7-8-10-18)15-19(26)23-21-22-16(3)17(4)28-21/h18H,5-15H2,1-4H3,(H,22,23,26)/p+1. The van der Waals surface area contributed by atoms with E-state index in [-0.39, 0.29) is 18.4 Å². The number of nitrogens with zero attached hydrogens (tertiary/aromatic N) is 2. The number of rotatable bonds is 11. The molecular formula is C21H37N4O2S+. The van der Waals surface area contributed by atoms with E-state index in [9.17, 15) is 9.59 Å². The van der Waals surface area contributed by atoms with Crippen LogP contribution in [0.5, 0.6) is 0 Å². The van der Waals surface area contributed by atoms with Crippen molar-refractivity contribution in [2.24, 2.45) is 5.92 Å². The van der Waals surface area contributed by atoms with E-state index < -0.39 is 0 Å². The van der Waals surface area contributed by atoms with Crippen LogP contribution in [-0.2, 0) is 9.59 Å². The van der Waals surface area contributed by atoms with Gasteiger partial charge in [0.15, 0.2) is 5.13 Å². The largest absolute Gasteiger partial charge is 0.334 e. The molecule has 1 saturated carbocycles. The summed E-state index contributed by atoms with van der Waals surface area (Å²) in [5, 5.41) is 3.49. The van der Waals surface area contributed by atoms with E-state index >= 15 is 0 Å². The molecule has 28 heavy (non-hydrogen) atoms. The van der Waals surface area contributed by atoms with Gasteiger partial charge in [-0.25, -0.2) is 4.98 Å². The van der Waals surface area contributed by atoms with Gasteiger partial charge in [0.1, 0.15) is 6.54 Å². The molecule has 1 aliphatic carbocycles. The third kappa shape index (κ3) is 7.17. The van der Waals surface area contributed by atoms with Crippen molar-refractivity contribution in [3.63, 3.8) is 0 Å². The van der Waals surface area contributed by atoms with Crippen molar-refractivity contribution < 1.29 is 14.5 Å². The lowest BCUT2D eigenvalue weighted by Gasteiger charge is -2.25. The minimum absolute atomic E-state index is 0.111. The van der Waals surface area contributed by atoms with Crippen LogP contribution >= 0.6 is 11.3 Å². The van der Waals surface area contributed by atoms with Crippen LogP contribution in [0.4, 0.5) is 5.13 Å². The average molecular weight is 410 g/mol. The topological polar surface area (TPSA) is 66.7 Å². The summed E-state index contributed by atoms with van der Waals surface area (Å²) in [7, 11) is 0. The van der Waals surface area contributed by atoms with Crippen LogP contribution in [0.25, 0.3) is 0 Å². The van der Waals surface area contributed by atoms with Gasteiger partial charge in [-0.05, 0) is 40.0 Å². The molecule has 2 amide bonds. The van der Waals surface area contributed by atoms with Gasteiger partial charge >= 0.3 is 0 Å². The van der Waals surface area contributed by atoms with Crippen molar-refractivity contribution in [3.8, 4) is 0 Å². The van der Waals surface area contributed by atoms with Gasteiger partial charge in [0.2, 0.25) is 11.8 Å². The Hall–Kier alpha value is -1.47. The molecule has 0 aromatic carbocycles. The fourth-order valence-electron chi connectivity index (χ4n) is 3.83. The fraction of sp³-hybridized carbons (Fsp3) is 0.762. The Labute approximate surface area is 173 Å². The summed E-state index contributed by atoms with van der Waals surface area (Å²) < 4.78 is 0. The molecule has 1 aliphatic rings. The molecule has 6 nitrogen and oxygen atoms in total. The first-order valence-corrected chi connectivity index (χ1v) is 11.6. The number of carbonyl (C=O) groups excluding carboxylic acids is 2. The number of hydrogen-bond acceptors (Lipinski definition) is 4. The average Bonchev–Trinajstić information content (AvgIpc) is 3.29. The van der Waals surface area contributed by atoms with Crippen molar-refractivity contribution >= 4 is 28.3 Å². The predicted molar refractivity (Wildman–Crippen MR) is 115 cm³/mol. The first-order valence-electron chi connectivity index (χ1n) is 10.8. The van der Waals surface area contributed by atoms with Crippen molar-refractivity contribution in [2.45, 2.75) is 66.2 Å². The third-order valence-corrected chi connectivity index (χ3v) is 6.93. The van der Waals surface area contributed by atoms with Gasteiger partial charge in [-0.15, -0.1) is 11.3 Å². The number of nitrogens with one attached hydrogen (secondary N) is 2. The molecule has 0 saturated heterocycles. The number of carbonyl (C=O) groups is 2. The molecule has 0 bridgehead atoms. The Balaban J connectivity index is 1.92. The first kappa shape index (κ1) is 22.8. The quantitative estimate of drug-likeness (QED) is 0.590. The van der Waals surface area contributed by atoms with Gasteiger partial charge in [0.25, 0.3) is 0 Å². The van der Waals surface area contributed by atoms with Gasteiger partial charge in [0.05, 0.1) is 31.9 Å². The number of amides is 2. The Bertz CT molecular complexity index is 617. The van der Waals surface area contributed by atoms with Gasteiger partial charge in [0, 0.05) is 11.3 Å². The molecule has 158 valence electrons. The molecule has 1 aromatic rings. The second kappa shape index (κ2) is 11.5. The first-order chi connectivity index (χ1) is 13.4. The SMILES string of the molecule is CC[NH+](CC)CCN(CC(=O)Nc1nc(C)c(C)s1)C(=O)CCC1CCCC1. The smallest absolute Gasteiger partial charge is 0.245 e. The van der Waals surface area contributed by atoms with Crippen LogP contribution in [-0.4, -0.2) is 54.4 Å². The van der Waals surface area contributed by atoms with Gasteiger partial charge < -0.3 is 15.1 Å². The number of likely N-dealkylation sites (N-methyl/N-ethyl adjacent to an activating group) is 1. The molecule has 0 unspecified atom stereocenters. The third-order valence-electron chi connectivity index (χ3n) is 5.94. The summed E-state index contributed by atoms with van der Waals surface area (Å²) in [5.74, 6) is 0.645. The minimum Gasteiger partial charge on any atom is -0.334 e. The van der Waals surface area contributed by atoms with Gasteiger partial charge in [-0.1, -0.05) is 25.7 Å². The molecule has 0 radical (unpaired) electrons. The molecule has 1 heterocycles. The molecule has 7 heteroatoms. The molecule has 2 rings (SSSR count). The number of aryl methyl sites for hydroxylation is 2. The zero-order chi connectivity index (χ0) is 20.5. The maximum absolute atomic E-state index is 12.9. The van der Waals surface area contributed by atoms with Crippen molar-refractivity contribution in [1.82, 2.24) is 9.88 Å². The number of hydrogen-bond donors (Lipinski definition) is 2. The lowest BCUT2D eigenvalue weighted by molar-refractivity contribution is -0.895. The number of anilines is 1. The molecular weight excluding hydrogens is 372 g/mol. The van der Waals surface area contributed by atoms with E-state index in [4.69, 9.17) is 0 Å². The van der Waals surface area contributed by atoms with Crippen LogP contribution in [0.15, 0.2) is 0 Å². The summed E-state index contributed by atoms with van der Waals surface area (Å²) in [6.07, 6.45) is 6.60. The zero-order valence-electron chi connectivity index (χ0n) is 18.0. The van der Waals surface area contributed by atoms with E-state index in [0.29, 0.717) is 24.0 Å². The van der Waals surface area contributed by atoms with Crippen LogP contribution < -0.4 is 10.2 Å². The molecule has 1 fully saturated rings. The van der Waals surface area contributed by atoms with Crippen LogP contribution in [0.2, 0.25) is 0 Å². The van der Waals surface area contributed by atoms with Gasteiger partial charge in [-0.3, -0.25) is 9.59 Å².